The van der Waals surface area contributed by atoms with E-state index in [-0.39, 0.29) is 24.1 Å². The lowest BCUT2D eigenvalue weighted by atomic mass is 10.1. The van der Waals surface area contributed by atoms with E-state index in [2.05, 4.69) is 10.5 Å². The van der Waals surface area contributed by atoms with Crippen LogP contribution in [0.25, 0.3) is 0 Å². The van der Waals surface area contributed by atoms with E-state index in [1.165, 1.54) is 17.0 Å². The third-order valence-corrected chi connectivity index (χ3v) is 4.01. The van der Waals surface area contributed by atoms with Crippen LogP contribution in [0.1, 0.15) is 17.7 Å². The Morgan fingerprint density at radius 3 is 2.83 bits per heavy atom. The van der Waals surface area contributed by atoms with Gasteiger partial charge in [0.25, 0.3) is 0 Å². The molecular formula is C17H18FN3O3. The highest BCUT2D eigenvalue weighted by atomic mass is 19.1. The number of hydrogen-bond donors (Lipinski definition) is 1. The zero-order valence-corrected chi connectivity index (χ0v) is 13.3. The third kappa shape index (κ3) is 3.61. The quantitative estimate of drug-likeness (QED) is 0.907. The summed E-state index contributed by atoms with van der Waals surface area (Å²) in [4.78, 5) is 25.8. The smallest absolute Gasteiger partial charge is 0.229 e. The molecule has 1 aliphatic heterocycles. The molecule has 0 aliphatic carbocycles. The summed E-state index contributed by atoms with van der Waals surface area (Å²) in [7, 11) is 0. The first-order chi connectivity index (χ1) is 11.5. The number of anilines is 1. The minimum absolute atomic E-state index is 0.137. The molecule has 126 valence electrons. The molecule has 1 aromatic carbocycles. The molecule has 1 aliphatic rings. The number of carbonyl (C=O) groups excluding carboxylic acids is 2. The van der Waals surface area contributed by atoms with Crippen molar-refractivity contribution in [3.05, 3.63) is 47.5 Å². The molecule has 3 rings (SSSR count). The number of nitrogens with one attached hydrogen (secondary N) is 1. The van der Waals surface area contributed by atoms with Gasteiger partial charge in [-0.15, -0.1) is 0 Å². The van der Waals surface area contributed by atoms with E-state index in [0.717, 1.165) is 5.56 Å². The van der Waals surface area contributed by atoms with Crippen LogP contribution in [0, 0.1) is 18.7 Å². The number of nitrogens with zero attached hydrogens (tertiary/aromatic N) is 2. The topological polar surface area (TPSA) is 75.4 Å². The van der Waals surface area contributed by atoms with Crippen molar-refractivity contribution in [2.75, 3.05) is 18.0 Å². The summed E-state index contributed by atoms with van der Waals surface area (Å²) < 4.78 is 17.8. The molecule has 6 nitrogen and oxygen atoms in total. The van der Waals surface area contributed by atoms with Gasteiger partial charge >= 0.3 is 0 Å². The molecule has 24 heavy (non-hydrogen) atoms. The number of benzene rings is 1. The maximum Gasteiger partial charge on any atom is 0.229 e. The third-order valence-electron chi connectivity index (χ3n) is 4.01. The van der Waals surface area contributed by atoms with Gasteiger partial charge in [0, 0.05) is 25.6 Å². The van der Waals surface area contributed by atoms with Crippen molar-refractivity contribution in [1.29, 1.82) is 0 Å². The first-order valence-electron chi connectivity index (χ1n) is 7.79. The highest BCUT2D eigenvalue weighted by Crippen LogP contribution is 2.24. The van der Waals surface area contributed by atoms with Crippen LogP contribution in [0.4, 0.5) is 10.2 Å². The van der Waals surface area contributed by atoms with E-state index in [0.29, 0.717) is 31.1 Å². The lowest BCUT2D eigenvalue weighted by Crippen LogP contribution is -2.34. The number of halogens is 1. The first-order valence-corrected chi connectivity index (χ1v) is 7.79. The average molecular weight is 331 g/mol. The Kier molecular flexibility index (Phi) is 4.59. The van der Waals surface area contributed by atoms with Crippen molar-refractivity contribution < 1.29 is 18.5 Å². The van der Waals surface area contributed by atoms with Crippen LogP contribution in [-0.2, 0) is 16.0 Å². The van der Waals surface area contributed by atoms with Crippen LogP contribution in [0.3, 0.4) is 0 Å². The zero-order chi connectivity index (χ0) is 17.1. The summed E-state index contributed by atoms with van der Waals surface area (Å²) in [6.45, 7) is 2.49. The summed E-state index contributed by atoms with van der Waals surface area (Å²) in [5, 5.41) is 6.65. The molecule has 0 saturated carbocycles. The Labute approximate surface area is 138 Å². The van der Waals surface area contributed by atoms with Gasteiger partial charge in [-0.3, -0.25) is 14.5 Å². The zero-order valence-electron chi connectivity index (χ0n) is 13.3. The van der Waals surface area contributed by atoms with Gasteiger partial charge in [0.15, 0.2) is 5.82 Å². The van der Waals surface area contributed by atoms with Crippen molar-refractivity contribution in [2.45, 2.75) is 19.8 Å². The van der Waals surface area contributed by atoms with Crippen LogP contribution in [0.15, 0.2) is 34.9 Å². The lowest BCUT2D eigenvalue weighted by molar-refractivity contribution is -0.126. The van der Waals surface area contributed by atoms with E-state index in [4.69, 9.17) is 4.52 Å². The summed E-state index contributed by atoms with van der Waals surface area (Å²) in [6, 6.07) is 7.84. The second-order valence-electron chi connectivity index (χ2n) is 5.87. The molecule has 2 aromatic rings. The van der Waals surface area contributed by atoms with Gasteiger partial charge in [0.05, 0.1) is 5.92 Å². The number of rotatable bonds is 5. The van der Waals surface area contributed by atoms with Gasteiger partial charge in [0.2, 0.25) is 11.8 Å². The number of aromatic nitrogens is 1. The Bertz CT molecular complexity index is 742. The molecule has 1 aromatic heterocycles. The summed E-state index contributed by atoms with van der Waals surface area (Å²) >= 11 is 0. The molecule has 0 bridgehead atoms. The minimum atomic E-state index is -0.400. The molecule has 2 amide bonds. The summed E-state index contributed by atoms with van der Waals surface area (Å²) in [5.74, 6) is 0.0810. The van der Waals surface area contributed by atoms with Crippen molar-refractivity contribution in [2.24, 2.45) is 5.92 Å². The number of carbonyl (C=O) groups is 2. The molecule has 1 atom stereocenters. The van der Waals surface area contributed by atoms with Crippen molar-refractivity contribution in [1.82, 2.24) is 10.5 Å². The van der Waals surface area contributed by atoms with E-state index < -0.39 is 5.92 Å². The van der Waals surface area contributed by atoms with E-state index in [9.17, 15) is 14.0 Å². The second kappa shape index (κ2) is 6.82. The van der Waals surface area contributed by atoms with Crippen LogP contribution in [0.5, 0.6) is 0 Å². The van der Waals surface area contributed by atoms with Crippen molar-refractivity contribution in [3.63, 3.8) is 0 Å². The van der Waals surface area contributed by atoms with Gasteiger partial charge < -0.3 is 9.84 Å². The molecule has 0 spiro atoms. The number of amides is 2. The minimum Gasteiger partial charge on any atom is -0.360 e. The molecule has 7 heteroatoms. The largest absolute Gasteiger partial charge is 0.360 e. The van der Waals surface area contributed by atoms with Crippen LogP contribution >= 0.6 is 0 Å². The number of hydrogen-bond acceptors (Lipinski definition) is 4. The van der Waals surface area contributed by atoms with E-state index in [1.54, 1.807) is 25.1 Å². The van der Waals surface area contributed by atoms with Crippen LogP contribution < -0.4 is 10.2 Å². The van der Waals surface area contributed by atoms with E-state index in [1.807, 2.05) is 0 Å². The standard InChI is InChI=1S/C17H18FN3O3/c1-11-8-15(20-24-11)21-10-13(9-16(21)22)17(23)19-7-6-12-2-4-14(18)5-3-12/h2-5,8,13H,6-7,9-10H2,1H3,(H,19,23). The molecule has 1 N–H and O–H groups in total. The normalized spacial score (nSPS) is 17.3. The molecule has 2 heterocycles. The maximum absolute atomic E-state index is 12.8. The predicted molar refractivity (Wildman–Crippen MR) is 84.8 cm³/mol. The number of aryl methyl sites for hydroxylation is 1. The SMILES string of the molecule is Cc1cc(N2CC(C(=O)NCCc3ccc(F)cc3)CC2=O)no1. The van der Waals surface area contributed by atoms with Crippen molar-refractivity contribution >= 4 is 17.6 Å². The fourth-order valence-electron chi connectivity index (χ4n) is 2.71. The van der Waals surface area contributed by atoms with E-state index >= 15 is 0 Å². The van der Waals surface area contributed by atoms with Crippen molar-refractivity contribution in [3.8, 4) is 0 Å². The Balaban J connectivity index is 1.50. The molecule has 1 unspecified atom stereocenters. The Hall–Kier alpha value is -2.70. The average Bonchev–Trinajstić information content (AvgIpc) is 3.15. The monoisotopic (exact) mass is 331 g/mol. The maximum atomic E-state index is 12.8. The molecule has 1 fully saturated rings. The highest BCUT2D eigenvalue weighted by Gasteiger charge is 2.36. The summed E-state index contributed by atoms with van der Waals surface area (Å²) in [6.07, 6.45) is 0.771. The van der Waals surface area contributed by atoms with Gasteiger partial charge in [-0.05, 0) is 31.0 Å². The fraction of sp³-hybridized carbons (Fsp3) is 0.353. The Morgan fingerprint density at radius 1 is 1.42 bits per heavy atom. The van der Waals surface area contributed by atoms with Gasteiger partial charge in [-0.1, -0.05) is 17.3 Å². The highest BCUT2D eigenvalue weighted by molar-refractivity contribution is 5.99. The Morgan fingerprint density at radius 2 is 2.17 bits per heavy atom. The van der Waals surface area contributed by atoms with Crippen LogP contribution in [-0.4, -0.2) is 30.1 Å². The van der Waals surface area contributed by atoms with Gasteiger partial charge in [-0.2, -0.15) is 0 Å². The lowest BCUT2D eigenvalue weighted by Gasteiger charge is -2.13. The molecule has 1 saturated heterocycles. The second-order valence-corrected chi connectivity index (χ2v) is 5.87. The fourth-order valence-corrected chi connectivity index (χ4v) is 2.71. The van der Waals surface area contributed by atoms with Gasteiger partial charge in [-0.25, -0.2) is 4.39 Å². The molecule has 0 radical (unpaired) electrons. The molecular weight excluding hydrogens is 313 g/mol. The first kappa shape index (κ1) is 16.2. The summed E-state index contributed by atoms with van der Waals surface area (Å²) in [5.41, 5.74) is 0.943. The predicted octanol–water partition coefficient (Wildman–Crippen LogP) is 1.83. The van der Waals surface area contributed by atoms with Crippen LogP contribution in [0.2, 0.25) is 0 Å². The van der Waals surface area contributed by atoms with Gasteiger partial charge in [0.1, 0.15) is 11.6 Å².